The number of benzene rings is 1. The minimum absolute atomic E-state index is 0.147. The fourth-order valence-corrected chi connectivity index (χ4v) is 5.95. The van der Waals surface area contributed by atoms with Crippen molar-refractivity contribution in [3.63, 3.8) is 0 Å². The van der Waals surface area contributed by atoms with Gasteiger partial charge in [0.15, 0.2) is 5.82 Å². The number of aromatic amines is 1. The minimum Gasteiger partial charge on any atom is -0.496 e. The number of nitrogens with two attached hydrogens (primary N) is 1. The van der Waals surface area contributed by atoms with Crippen LogP contribution >= 0.6 is 34.4 Å². The molecule has 3 N–H and O–H groups in total. The molecule has 0 spiro atoms. The lowest BCUT2D eigenvalue weighted by Crippen LogP contribution is -2.14. The maximum Gasteiger partial charge on any atom is 0.260 e. The van der Waals surface area contributed by atoms with Crippen molar-refractivity contribution in [2.75, 3.05) is 13.0 Å². The molecule has 4 heterocycles. The van der Waals surface area contributed by atoms with Crippen molar-refractivity contribution in [1.82, 2.24) is 24.8 Å². The molecule has 162 valence electrons. The Balaban J connectivity index is 1.45. The number of hydrogen-bond acceptors (Lipinski definition) is 9. The van der Waals surface area contributed by atoms with Gasteiger partial charge in [0.1, 0.15) is 16.4 Å². The first-order chi connectivity index (χ1) is 15.6. The highest BCUT2D eigenvalue weighted by molar-refractivity contribution is 7.99. The Labute approximate surface area is 195 Å². The molecular formula is C21H18N6O2S3. The quantitative estimate of drug-likeness (QED) is 0.270. The van der Waals surface area contributed by atoms with E-state index in [1.807, 2.05) is 54.1 Å². The highest BCUT2D eigenvalue weighted by Gasteiger charge is 2.21. The number of thioether (sulfide) groups is 1. The van der Waals surface area contributed by atoms with Crippen LogP contribution in [0.5, 0.6) is 5.75 Å². The normalized spacial score (nSPS) is 12.3. The maximum atomic E-state index is 12.9. The van der Waals surface area contributed by atoms with Crippen LogP contribution in [-0.2, 0) is 0 Å². The average Bonchev–Trinajstić information content (AvgIpc) is 3.54. The summed E-state index contributed by atoms with van der Waals surface area (Å²) < 4.78 is 6.83. The molecule has 0 aliphatic heterocycles. The second kappa shape index (κ2) is 8.41. The van der Waals surface area contributed by atoms with E-state index in [1.165, 1.54) is 27.8 Å². The van der Waals surface area contributed by atoms with Gasteiger partial charge in [-0.2, -0.15) is 0 Å². The van der Waals surface area contributed by atoms with E-state index in [2.05, 4.69) is 15.2 Å². The van der Waals surface area contributed by atoms with Crippen LogP contribution < -0.4 is 16.1 Å². The maximum absolute atomic E-state index is 12.9. The SMILES string of the molecule is COc1ccccc1-c1nnc(SC(C)c2nc3scc(-c4cccs4)c3c(=O)[nH]2)n1N. The van der Waals surface area contributed by atoms with Crippen molar-refractivity contribution in [1.29, 1.82) is 0 Å². The molecule has 0 saturated carbocycles. The molecule has 1 unspecified atom stereocenters. The summed E-state index contributed by atoms with van der Waals surface area (Å²) in [6.45, 7) is 1.94. The first-order valence-corrected chi connectivity index (χ1v) is 12.3. The van der Waals surface area contributed by atoms with Gasteiger partial charge in [-0.25, -0.2) is 9.66 Å². The molecule has 1 atom stereocenters. The number of aromatic nitrogens is 5. The van der Waals surface area contributed by atoms with Gasteiger partial charge < -0.3 is 15.6 Å². The Kier molecular flexibility index (Phi) is 5.45. The molecule has 0 fully saturated rings. The van der Waals surface area contributed by atoms with Crippen LogP contribution in [-0.4, -0.2) is 32.0 Å². The molecule has 5 rings (SSSR count). The van der Waals surface area contributed by atoms with Crippen LogP contribution in [0.25, 0.3) is 32.0 Å². The zero-order chi connectivity index (χ0) is 22.2. The van der Waals surface area contributed by atoms with Crippen LogP contribution in [0.15, 0.2) is 57.1 Å². The van der Waals surface area contributed by atoms with Crippen molar-refractivity contribution in [2.45, 2.75) is 17.3 Å². The van der Waals surface area contributed by atoms with E-state index in [4.69, 9.17) is 15.6 Å². The summed E-state index contributed by atoms with van der Waals surface area (Å²) in [6.07, 6.45) is 0. The number of thiophene rings is 2. The number of nitrogens with zero attached hydrogens (tertiary/aromatic N) is 4. The molecule has 1 aromatic carbocycles. The zero-order valence-electron chi connectivity index (χ0n) is 17.1. The fourth-order valence-electron chi connectivity index (χ4n) is 3.36. The molecule has 0 saturated heterocycles. The first kappa shape index (κ1) is 20.7. The van der Waals surface area contributed by atoms with E-state index in [9.17, 15) is 4.79 Å². The molecule has 4 aromatic heterocycles. The predicted molar refractivity (Wildman–Crippen MR) is 130 cm³/mol. The average molecular weight is 483 g/mol. The lowest BCUT2D eigenvalue weighted by atomic mass is 10.2. The largest absolute Gasteiger partial charge is 0.496 e. The van der Waals surface area contributed by atoms with E-state index in [0.717, 1.165) is 16.0 Å². The number of ether oxygens (including phenoxy) is 1. The van der Waals surface area contributed by atoms with Gasteiger partial charge >= 0.3 is 0 Å². The van der Waals surface area contributed by atoms with Gasteiger partial charge in [-0.05, 0) is 30.5 Å². The molecule has 0 bridgehead atoms. The highest BCUT2D eigenvalue weighted by Crippen LogP contribution is 2.37. The van der Waals surface area contributed by atoms with E-state index >= 15 is 0 Å². The molecule has 8 nitrogen and oxygen atoms in total. The number of para-hydroxylation sites is 1. The van der Waals surface area contributed by atoms with Gasteiger partial charge in [-0.1, -0.05) is 30.0 Å². The monoisotopic (exact) mass is 482 g/mol. The molecule has 0 radical (unpaired) electrons. The smallest absolute Gasteiger partial charge is 0.260 e. The number of methoxy groups -OCH3 is 1. The molecule has 11 heteroatoms. The summed E-state index contributed by atoms with van der Waals surface area (Å²) in [5.41, 5.74) is 1.52. The Morgan fingerprint density at radius 1 is 1.16 bits per heavy atom. The van der Waals surface area contributed by atoms with Crippen LogP contribution in [0.2, 0.25) is 0 Å². The number of H-pyrrole nitrogens is 1. The summed E-state index contributed by atoms with van der Waals surface area (Å²) in [4.78, 5) is 22.3. The molecular weight excluding hydrogens is 464 g/mol. The second-order valence-corrected chi connectivity index (χ2v) is 10.0. The Hall–Kier alpha value is -3.15. The summed E-state index contributed by atoms with van der Waals surface area (Å²) in [5, 5.41) is 13.4. The van der Waals surface area contributed by atoms with Crippen LogP contribution in [0.3, 0.4) is 0 Å². The van der Waals surface area contributed by atoms with Gasteiger partial charge in [0.25, 0.3) is 5.56 Å². The first-order valence-electron chi connectivity index (χ1n) is 9.62. The van der Waals surface area contributed by atoms with Gasteiger partial charge in [-0.3, -0.25) is 4.79 Å². The van der Waals surface area contributed by atoms with Gasteiger partial charge in [0.05, 0.1) is 23.3 Å². The van der Waals surface area contributed by atoms with Crippen LogP contribution in [0, 0.1) is 0 Å². The summed E-state index contributed by atoms with van der Waals surface area (Å²) in [7, 11) is 1.60. The van der Waals surface area contributed by atoms with Gasteiger partial charge in [0, 0.05) is 15.8 Å². The third-order valence-electron chi connectivity index (χ3n) is 4.93. The third-order valence-corrected chi connectivity index (χ3v) is 7.77. The standard InChI is InChI=1S/C21H18N6O2S3/c1-11(32-21-26-25-18(27(21)22)12-6-3-4-7-14(12)29-2)17-23-19(28)16-13(10-31-20(16)24-17)15-8-5-9-30-15/h3-11H,22H2,1-2H3,(H,23,24,28). The van der Waals surface area contributed by atoms with E-state index in [1.54, 1.807) is 18.4 Å². The van der Waals surface area contributed by atoms with Crippen molar-refractivity contribution in [3.05, 3.63) is 63.3 Å². The number of nitrogens with one attached hydrogen (secondary N) is 1. The molecule has 0 aliphatic rings. The summed E-state index contributed by atoms with van der Waals surface area (Å²) in [5.74, 6) is 8.01. The highest BCUT2D eigenvalue weighted by atomic mass is 32.2. The lowest BCUT2D eigenvalue weighted by Gasteiger charge is -2.11. The van der Waals surface area contributed by atoms with Crippen molar-refractivity contribution < 1.29 is 4.74 Å². The van der Waals surface area contributed by atoms with Gasteiger partial charge in [-0.15, -0.1) is 32.9 Å². The lowest BCUT2D eigenvalue weighted by molar-refractivity contribution is 0.416. The number of rotatable bonds is 6. The summed E-state index contributed by atoms with van der Waals surface area (Å²) >= 11 is 4.44. The van der Waals surface area contributed by atoms with Crippen molar-refractivity contribution in [3.8, 4) is 27.6 Å². The molecule has 0 aliphatic carbocycles. The molecule has 0 amide bonds. The van der Waals surface area contributed by atoms with Crippen molar-refractivity contribution in [2.24, 2.45) is 0 Å². The Morgan fingerprint density at radius 2 is 2.00 bits per heavy atom. The number of nitrogen functional groups attached to an aromatic ring is 1. The second-order valence-electron chi connectivity index (χ2n) is 6.89. The minimum atomic E-state index is -0.198. The predicted octanol–water partition coefficient (Wildman–Crippen LogP) is 4.55. The van der Waals surface area contributed by atoms with E-state index in [0.29, 0.717) is 32.8 Å². The van der Waals surface area contributed by atoms with Crippen LogP contribution in [0.4, 0.5) is 0 Å². The van der Waals surface area contributed by atoms with Crippen LogP contribution in [0.1, 0.15) is 18.0 Å². The Morgan fingerprint density at radius 3 is 2.78 bits per heavy atom. The number of fused-ring (bicyclic) bond motifs is 1. The van der Waals surface area contributed by atoms with E-state index in [-0.39, 0.29) is 10.8 Å². The zero-order valence-corrected chi connectivity index (χ0v) is 19.6. The van der Waals surface area contributed by atoms with Crippen molar-refractivity contribution >= 4 is 44.7 Å². The summed E-state index contributed by atoms with van der Waals surface area (Å²) in [6, 6.07) is 11.5. The number of hydrogen-bond donors (Lipinski definition) is 2. The topological polar surface area (TPSA) is 112 Å². The fraction of sp³-hybridized carbons (Fsp3) is 0.143. The van der Waals surface area contributed by atoms with E-state index < -0.39 is 0 Å². The molecule has 32 heavy (non-hydrogen) atoms. The third kappa shape index (κ3) is 3.57. The van der Waals surface area contributed by atoms with Gasteiger partial charge in [0.2, 0.25) is 5.16 Å². The Bertz CT molecular complexity index is 1450. The molecule has 5 aromatic rings.